The highest BCUT2D eigenvalue weighted by atomic mass is 32.2. The van der Waals surface area contributed by atoms with Crippen LogP contribution in [0.15, 0.2) is 24.3 Å². The van der Waals surface area contributed by atoms with E-state index in [0.29, 0.717) is 6.04 Å². The molecule has 1 atom stereocenters. The van der Waals surface area contributed by atoms with Crippen molar-refractivity contribution in [2.75, 3.05) is 24.0 Å². The summed E-state index contributed by atoms with van der Waals surface area (Å²) in [6.07, 6.45) is 2.10. The van der Waals surface area contributed by atoms with Crippen molar-refractivity contribution in [2.45, 2.75) is 13.0 Å². The van der Waals surface area contributed by atoms with Crippen molar-refractivity contribution >= 4 is 17.4 Å². The Hall–Kier alpha value is -1.14. The molecule has 0 heterocycles. The molecule has 15 heavy (non-hydrogen) atoms. The van der Waals surface area contributed by atoms with Crippen LogP contribution in [0.25, 0.3) is 0 Å². The summed E-state index contributed by atoms with van der Waals surface area (Å²) in [5, 5.41) is 9.00. The second-order valence-electron chi connectivity index (χ2n) is 3.54. The summed E-state index contributed by atoms with van der Waals surface area (Å²) in [5.74, 6) is 1.07. The normalized spacial score (nSPS) is 11.9. The molecule has 0 aromatic heterocycles. The maximum absolute atomic E-state index is 9.00. The third-order valence-electron chi connectivity index (χ3n) is 2.47. The Balaban J connectivity index is 2.91. The monoisotopic (exact) mass is 220 g/mol. The van der Waals surface area contributed by atoms with Gasteiger partial charge in [-0.15, -0.1) is 0 Å². The molecule has 0 saturated carbocycles. The second kappa shape index (κ2) is 5.67. The maximum atomic E-state index is 9.00. The Morgan fingerprint density at radius 3 is 2.73 bits per heavy atom. The first-order valence-corrected chi connectivity index (χ1v) is 6.31. The molecule has 0 aliphatic rings. The number of thioether (sulfide) groups is 1. The van der Waals surface area contributed by atoms with Crippen LogP contribution in [-0.4, -0.2) is 25.1 Å². The van der Waals surface area contributed by atoms with Crippen molar-refractivity contribution in [3.8, 4) is 6.07 Å². The van der Waals surface area contributed by atoms with Gasteiger partial charge in [-0.25, -0.2) is 0 Å². The summed E-state index contributed by atoms with van der Waals surface area (Å²) >= 11 is 1.82. The molecule has 0 aliphatic carbocycles. The molecular weight excluding hydrogens is 204 g/mol. The zero-order valence-corrected chi connectivity index (χ0v) is 10.2. The van der Waals surface area contributed by atoms with E-state index >= 15 is 0 Å². The van der Waals surface area contributed by atoms with Crippen molar-refractivity contribution in [2.24, 2.45) is 0 Å². The van der Waals surface area contributed by atoms with Crippen LogP contribution >= 0.6 is 11.8 Å². The van der Waals surface area contributed by atoms with Crippen LogP contribution in [0.5, 0.6) is 0 Å². The fraction of sp³-hybridized carbons (Fsp3) is 0.417. The number of anilines is 1. The van der Waals surface area contributed by atoms with E-state index in [1.807, 2.05) is 43.1 Å². The zero-order valence-electron chi connectivity index (χ0n) is 9.40. The number of hydrogen-bond acceptors (Lipinski definition) is 3. The molecule has 1 unspecified atom stereocenters. The van der Waals surface area contributed by atoms with Gasteiger partial charge in [0.1, 0.15) is 6.07 Å². The number of nitriles is 1. The lowest BCUT2D eigenvalue weighted by Crippen LogP contribution is -2.31. The van der Waals surface area contributed by atoms with E-state index in [4.69, 9.17) is 5.26 Å². The first-order valence-electron chi connectivity index (χ1n) is 4.91. The van der Waals surface area contributed by atoms with E-state index in [1.165, 1.54) is 0 Å². The molecule has 1 rings (SSSR count). The van der Waals surface area contributed by atoms with Crippen LogP contribution < -0.4 is 4.90 Å². The van der Waals surface area contributed by atoms with Crippen molar-refractivity contribution in [1.29, 1.82) is 5.26 Å². The fourth-order valence-corrected chi connectivity index (χ4v) is 2.17. The maximum Gasteiger partial charge on any atom is 0.101 e. The lowest BCUT2D eigenvalue weighted by atomic mass is 10.1. The minimum Gasteiger partial charge on any atom is -0.370 e. The van der Waals surface area contributed by atoms with Gasteiger partial charge in [-0.3, -0.25) is 0 Å². The number of benzene rings is 1. The summed E-state index contributed by atoms with van der Waals surface area (Å²) in [4.78, 5) is 2.16. The van der Waals surface area contributed by atoms with Crippen molar-refractivity contribution in [1.82, 2.24) is 0 Å². The van der Waals surface area contributed by atoms with Gasteiger partial charge in [-0.1, -0.05) is 12.1 Å². The van der Waals surface area contributed by atoms with E-state index < -0.39 is 0 Å². The predicted octanol–water partition coefficient (Wildman–Crippen LogP) is 2.75. The first-order chi connectivity index (χ1) is 7.20. The second-order valence-corrected chi connectivity index (χ2v) is 4.45. The van der Waals surface area contributed by atoms with Gasteiger partial charge in [0.05, 0.1) is 11.3 Å². The fourth-order valence-electron chi connectivity index (χ4n) is 1.47. The van der Waals surface area contributed by atoms with Gasteiger partial charge in [0.2, 0.25) is 0 Å². The van der Waals surface area contributed by atoms with Crippen LogP contribution in [0.2, 0.25) is 0 Å². The molecule has 0 N–H and O–H groups in total. The largest absolute Gasteiger partial charge is 0.370 e. The number of para-hydroxylation sites is 1. The van der Waals surface area contributed by atoms with E-state index in [9.17, 15) is 0 Å². The summed E-state index contributed by atoms with van der Waals surface area (Å²) in [6, 6.07) is 10.4. The molecule has 80 valence electrons. The average Bonchev–Trinajstić information content (AvgIpc) is 2.28. The SMILES string of the molecule is CSCC(C)N(C)c1ccccc1C#N. The Kier molecular flexibility index (Phi) is 4.51. The third-order valence-corrected chi connectivity index (χ3v) is 3.29. The summed E-state index contributed by atoms with van der Waals surface area (Å²) in [6.45, 7) is 2.17. The van der Waals surface area contributed by atoms with Crippen molar-refractivity contribution < 1.29 is 0 Å². The highest BCUT2D eigenvalue weighted by Crippen LogP contribution is 2.21. The van der Waals surface area contributed by atoms with E-state index in [-0.39, 0.29) is 0 Å². The lowest BCUT2D eigenvalue weighted by Gasteiger charge is -2.27. The molecule has 0 bridgehead atoms. The van der Waals surface area contributed by atoms with Gasteiger partial charge >= 0.3 is 0 Å². The van der Waals surface area contributed by atoms with E-state index in [0.717, 1.165) is 17.0 Å². The number of hydrogen-bond donors (Lipinski definition) is 0. The Bertz CT molecular complexity index is 357. The summed E-state index contributed by atoms with van der Waals surface area (Å²) < 4.78 is 0. The van der Waals surface area contributed by atoms with Crippen molar-refractivity contribution in [3.05, 3.63) is 29.8 Å². The first kappa shape index (κ1) is 11.9. The Morgan fingerprint density at radius 1 is 1.47 bits per heavy atom. The molecular formula is C12H16N2S. The molecule has 1 aromatic rings. The zero-order chi connectivity index (χ0) is 11.3. The minimum absolute atomic E-state index is 0.439. The predicted molar refractivity (Wildman–Crippen MR) is 67.4 cm³/mol. The highest BCUT2D eigenvalue weighted by Gasteiger charge is 2.12. The molecule has 3 heteroatoms. The van der Waals surface area contributed by atoms with Gasteiger partial charge in [-0.2, -0.15) is 17.0 Å². The van der Waals surface area contributed by atoms with Crippen LogP contribution in [0.1, 0.15) is 12.5 Å². The van der Waals surface area contributed by atoms with Crippen LogP contribution in [0.4, 0.5) is 5.69 Å². The van der Waals surface area contributed by atoms with Gasteiger partial charge in [0, 0.05) is 18.8 Å². The summed E-state index contributed by atoms with van der Waals surface area (Å²) in [7, 11) is 2.04. The smallest absolute Gasteiger partial charge is 0.101 e. The van der Waals surface area contributed by atoms with Gasteiger partial charge in [0.25, 0.3) is 0 Å². The quantitative estimate of drug-likeness (QED) is 0.780. The molecule has 0 radical (unpaired) electrons. The number of nitrogens with zero attached hydrogens (tertiary/aromatic N) is 2. The summed E-state index contributed by atoms with van der Waals surface area (Å²) in [5.41, 5.74) is 1.76. The van der Waals surface area contributed by atoms with Crippen LogP contribution in [0.3, 0.4) is 0 Å². The third kappa shape index (κ3) is 2.90. The highest BCUT2D eigenvalue weighted by molar-refractivity contribution is 7.98. The van der Waals surface area contributed by atoms with Gasteiger partial charge in [-0.05, 0) is 25.3 Å². The molecule has 0 fully saturated rings. The van der Waals surface area contributed by atoms with Crippen molar-refractivity contribution in [3.63, 3.8) is 0 Å². The average molecular weight is 220 g/mol. The molecule has 0 aliphatic heterocycles. The molecule has 0 saturated heterocycles. The molecule has 0 spiro atoms. The standard InChI is InChI=1S/C12H16N2S/c1-10(9-15-3)14(2)12-7-5-4-6-11(12)8-13/h4-7,10H,9H2,1-3H3. The topological polar surface area (TPSA) is 27.0 Å². The number of rotatable bonds is 4. The van der Waals surface area contributed by atoms with E-state index in [2.05, 4.69) is 24.1 Å². The Morgan fingerprint density at radius 2 is 2.13 bits per heavy atom. The lowest BCUT2D eigenvalue weighted by molar-refractivity contribution is 0.764. The van der Waals surface area contributed by atoms with Gasteiger partial charge < -0.3 is 4.90 Å². The molecule has 0 amide bonds. The van der Waals surface area contributed by atoms with Gasteiger partial charge in [0.15, 0.2) is 0 Å². The molecule has 1 aromatic carbocycles. The van der Waals surface area contributed by atoms with E-state index in [1.54, 1.807) is 0 Å². The van der Waals surface area contributed by atoms with Crippen LogP contribution in [0, 0.1) is 11.3 Å². The minimum atomic E-state index is 0.439. The Labute approximate surface area is 95.9 Å². The van der Waals surface area contributed by atoms with Crippen LogP contribution in [-0.2, 0) is 0 Å². The molecule has 2 nitrogen and oxygen atoms in total.